The van der Waals surface area contributed by atoms with E-state index in [1.165, 1.54) is 0 Å². The van der Waals surface area contributed by atoms with Crippen LogP contribution in [0.3, 0.4) is 0 Å². The zero-order valence-electron chi connectivity index (χ0n) is 25.6. The maximum atomic E-state index is 13.3. The Labute approximate surface area is 257 Å². The molecule has 1 aliphatic carbocycles. The van der Waals surface area contributed by atoms with Crippen molar-refractivity contribution >= 4 is 17.7 Å². The third kappa shape index (κ3) is 5.67. The Kier molecular flexibility index (Phi) is 9.06. The molecule has 0 spiro atoms. The monoisotopic (exact) mass is 597 g/mol. The first-order chi connectivity index (χ1) is 21.2. The van der Waals surface area contributed by atoms with Gasteiger partial charge in [0.2, 0.25) is 5.91 Å². The van der Waals surface area contributed by atoms with E-state index in [1.54, 1.807) is 19.0 Å². The van der Waals surface area contributed by atoms with Gasteiger partial charge < -0.3 is 20.9 Å². The lowest BCUT2D eigenvalue weighted by Crippen LogP contribution is -2.48. The van der Waals surface area contributed by atoms with Crippen molar-refractivity contribution < 1.29 is 14.4 Å². The number of fused-ring (bicyclic) bond motifs is 2. The smallest absolute Gasteiger partial charge is 0.251 e. The highest BCUT2D eigenvalue weighted by Gasteiger charge is 2.46. The predicted octanol–water partition coefficient (Wildman–Crippen LogP) is 1.87. The van der Waals surface area contributed by atoms with Crippen LogP contribution in [0, 0.1) is 17.2 Å². The predicted molar refractivity (Wildman–Crippen MR) is 163 cm³/mol. The van der Waals surface area contributed by atoms with Crippen molar-refractivity contribution in [2.75, 3.05) is 27.2 Å². The maximum Gasteiger partial charge on any atom is 0.251 e. The molecule has 230 valence electrons. The summed E-state index contributed by atoms with van der Waals surface area (Å²) >= 11 is 0. The molecule has 1 aromatic heterocycles. The Morgan fingerprint density at radius 1 is 1.05 bits per heavy atom. The Morgan fingerprint density at radius 3 is 2.16 bits per heavy atom. The summed E-state index contributed by atoms with van der Waals surface area (Å²) < 4.78 is 0. The number of likely N-dealkylation sites (tertiary alicyclic amines) is 1. The van der Waals surface area contributed by atoms with Crippen molar-refractivity contribution in [2.24, 2.45) is 5.92 Å². The van der Waals surface area contributed by atoms with Crippen molar-refractivity contribution in [3.05, 3.63) is 75.6 Å². The molecule has 44 heavy (non-hydrogen) atoms. The van der Waals surface area contributed by atoms with Gasteiger partial charge in [0.1, 0.15) is 6.04 Å². The molecule has 0 unspecified atom stereocenters. The number of amides is 3. The van der Waals surface area contributed by atoms with E-state index in [0.717, 1.165) is 28.7 Å². The number of aryl methyl sites for hydroxylation is 2. The first-order valence-electron chi connectivity index (χ1n) is 15.1. The summed E-state index contributed by atoms with van der Waals surface area (Å²) in [5.74, 6) is 0.182. The Bertz CT molecular complexity index is 1510. The number of carbonyl (C=O) groups is 3. The largest absolute Gasteiger partial charge is 0.355 e. The topological polar surface area (TPSA) is 169 Å². The molecule has 4 N–H and O–H groups in total. The minimum atomic E-state index is -0.902. The molecule has 12 heteroatoms. The lowest BCUT2D eigenvalue weighted by Gasteiger charge is -2.39. The summed E-state index contributed by atoms with van der Waals surface area (Å²) in [6.07, 6.45) is 3.27. The second-order valence-electron chi connectivity index (χ2n) is 11.9. The molecule has 0 bridgehead atoms. The molecule has 12 nitrogen and oxygen atoms in total. The summed E-state index contributed by atoms with van der Waals surface area (Å²) in [5, 5.41) is 33.9. The highest BCUT2D eigenvalue weighted by molar-refractivity contribution is 5.95. The normalized spacial score (nSPS) is 17.6. The molecule has 1 saturated heterocycles. The SMILES string of the molecule is CNC(=O)c1ccc2c(c1)CCc1cc(C(=O)NC)ccc1C2(C[C@@H](NCC(=O)N1CCC[C@H]1C#N)C(C)C)c1nnn[nH]1. The van der Waals surface area contributed by atoms with E-state index in [4.69, 9.17) is 0 Å². The molecule has 0 radical (unpaired) electrons. The van der Waals surface area contributed by atoms with Crippen LogP contribution in [0.25, 0.3) is 0 Å². The standard InChI is InChI=1S/C32H39N9O3/c1-19(2)27(36-18-28(42)41-13-5-6-24(41)17-33)16-32(31-37-39-40-38-31)25-11-9-22(29(43)34-3)14-20(25)7-8-21-15-23(30(44)35-4)10-12-26(21)32/h9-12,14-15,19,24,27,36H,5-8,13,16,18H2,1-4H3,(H,34,43)(H,35,44)(H,37,38,39,40)/t24-,27+/m0/s1. The van der Waals surface area contributed by atoms with E-state index in [-0.39, 0.29) is 36.2 Å². The highest BCUT2D eigenvalue weighted by Crippen LogP contribution is 2.47. The minimum absolute atomic E-state index is 0.0939. The molecule has 1 fully saturated rings. The molecule has 2 heterocycles. The van der Waals surface area contributed by atoms with Crippen molar-refractivity contribution in [1.82, 2.24) is 41.5 Å². The van der Waals surface area contributed by atoms with Gasteiger partial charge in [0.15, 0.2) is 5.82 Å². The third-order valence-electron chi connectivity index (χ3n) is 9.09. The molecule has 2 atom stereocenters. The molecule has 5 rings (SSSR count). The molecular weight excluding hydrogens is 558 g/mol. The fourth-order valence-corrected chi connectivity index (χ4v) is 6.72. The first-order valence-corrected chi connectivity index (χ1v) is 15.1. The summed E-state index contributed by atoms with van der Waals surface area (Å²) in [4.78, 5) is 40.2. The number of aromatic nitrogens is 4. The van der Waals surface area contributed by atoms with Gasteiger partial charge in [0.25, 0.3) is 11.8 Å². The van der Waals surface area contributed by atoms with E-state index in [1.807, 2.05) is 36.4 Å². The highest BCUT2D eigenvalue weighted by atomic mass is 16.2. The van der Waals surface area contributed by atoms with Gasteiger partial charge in [0, 0.05) is 37.8 Å². The van der Waals surface area contributed by atoms with Crippen LogP contribution in [0.5, 0.6) is 0 Å². The Balaban J connectivity index is 1.64. The molecular formula is C32H39N9O3. The number of hydrogen-bond acceptors (Lipinski definition) is 8. The number of nitrogens with zero attached hydrogens (tertiary/aromatic N) is 5. The minimum Gasteiger partial charge on any atom is -0.355 e. The third-order valence-corrected chi connectivity index (χ3v) is 9.09. The number of hydrogen-bond donors (Lipinski definition) is 4. The van der Waals surface area contributed by atoms with Gasteiger partial charge in [-0.3, -0.25) is 14.4 Å². The second kappa shape index (κ2) is 12.9. The average molecular weight is 598 g/mol. The van der Waals surface area contributed by atoms with Crippen LogP contribution in [0.4, 0.5) is 0 Å². The van der Waals surface area contributed by atoms with Crippen LogP contribution in [-0.4, -0.2) is 82.5 Å². The molecule has 3 amide bonds. The van der Waals surface area contributed by atoms with Crippen LogP contribution in [0.15, 0.2) is 36.4 Å². The number of benzene rings is 2. The van der Waals surface area contributed by atoms with Gasteiger partial charge in [-0.25, -0.2) is 5.10 Å². The maximum absolute atomic E-state index is 13.3. The van der Waals surface area contributed by atoms with E-state index < -0.39 is 11.5 Å². The van der Waals surface area contributed by atoms with E-state index in [0.29, 0.717) is 49.2 Å². The van der Waals surface area contributed by atoms with Crippen molar-refractivity contribution in [3.63, 3.8) is 0 Å². The van der Waals surface area contributed by atoms with Crippen LogP contribution in [0.2, 0.25) is 0 Å². The average Bonchev–Trinajstić information content (AvgIpc) is 3.74. The van der Waals surface area contributed by atoms with Crippen molar-refractivity contribution in [3.8, 4) is 6.07 Å². The Hall–Kier alpha value is -4.63. The van der Waals surface area contributed by atoms with Gasteiger partial charge in [-0.15, -0.1) is 5.10 Å². The molecule has 2 aromatic carbocycles. The lowest BCUT2D eigenvalue weighted by atomic mass is 9.66. The fourth-order valence-electron chi connectivity index (χ4n) is 6.72. The number of rotatable bonds is 9. The zero-order valence-corrected chi connectivity index (χ0v) is 25.6. The first kappa shape index (κ1) is 30.8. The molecule has 1 aliphatic heterocycles. The lowest BCUT2D eigenvalue weighted by molar-refractivity contribution is -0.130. The van der Waals surface area contributed by atoms with E-state index in [2.05, 4.69) is 56.5 Å². The van der Waals surface area contributed by atoms with Crippen LogP contribution < -0.4 is 16.0 Å². The number of aromatic amines is 1. The van der Waals surface area contributed by atoms with Gasteiger partial charge in [0.05, 0.1) is 18.0 Å². The number of carbonyl (C=O) groups excluding carboxylic acids is 3. The second-order valence-corrected chi connectivity index (χ2v) is 11.9. The molecule has 2 aliphatic rings. The summed E-state index contributed by atoms with van der Waals surface area (Å²) in [5.41, 5.74) is 4.07. The number of H-pyrrole nitrogens is 1. The van der Waals surface area contributed by atoms with Crippen molar-refractivity contribution in [1.29, 1.82) is 5.26 Å². The van der Waals surface area contributed by atoms with Gasteiger partial charge in [-0.1, -0.05) is 26.0 Å². The summed E-state index contributed by atoms with van der Waals surface area (Å²) in [6, 6.07) is 13.1. The summed E-state index contributed by atoms with van der Waals surface area (Å²) in [7, 11) is 3.21. The quantitative estimate of drug-likeness (QED) is 0.290. The van der Waals surface area contributed by atoms with Crippen LogP contribution in [-0.2, 0) is 23.1 Å². The van der Waals surface area contributed by atoms with Crippen LogP contribution >= 0.6 is 0 Å². The van der Waals surface area contributed by atoms with Crippen molar-refractivity contribution in [2.45, 2.75) is 63.5 Å². The van der Waals surface area contributed by atoms with E-state index >= 15 is 0 Å². The van der Waals surface area contributed by atoms with Gasteiger partial charge in [-0.05, 0) is 95.0 Å². The Morgan fingerprint density at radius 2 is 1.66 bits per heavy atom. The van der Waals surface area contributed by atoms with E-state index in [9.17, 15) is 19.6 Å². The van der Waals surface area contributed by atoms with Crippen LogP contribution in [0.1, 0.15) is 81.9 Å². The molecule has 0 saturated carbocycles. The number of nitriles is 1. The number of tetrazole rings is 1. The van der Waals surface area contributed by atoms with Gasteiger partial charge >= 0.3 is 0 Å². The van der Waals surface area contributed by atoms with Gasteiger partial charge in [-0.2, -0.15) is 5.26 Å². The zero-order chi connectivity index (χ0) is 31.4. The number of nitrogens with one attached hydrogen (secondary N) is 4. The molecule has 3 aromatic rings. The fraction of sp³-hybridized carbons (Fsp3) is 0.469. The summed E-state index contributed by atoms with van der Waals surface area (Å²) in [6.45, 7) is 4.88.